The summed E-state index contributed by atoms with van der Waals surface area (Å²) in [6.45, 7) is 22.7. The highest BCUT2D eigenvalue weighted by Gasteiger charge is 2.34. The summed E-state index contributed by atoms with van der Waals surface area (Å²) in [5, 5.41) is 53.5. The number of aromatic nitrogens is 3. The quantitative estimate of drug-likeness (QED) is 0.0126. The number of anilines is 3. The molecule has 38 nitrogen and oxygen atoms in total. The van der Waals surface area contributed by atoms with Crippen molar-refractivity contribution in [2.24, 2.45) is 21.2 Å². The number of hydrogen-bond donors (Lipinski definition) is 15. The molecule has 0 fully saturated rings. The van der Waals surface area contributed by atoms with Crippen LogP contribution in [0.5, 0.6) is 0 Å². The van der Waals surface area contributed by atoms with Crippen LogP contribution in [0.1, 0.15) is 194 Å². The highest BCUT2D eigenvalue weighted by atomic mass is 32.2. The van der Waals surface area contributed by atoms with E-state index in [0.717, 1.165) is 68.9 Å². The molecule has 10 aromatic rings. The molecule has 0 aliphatic heterocycles. The first-order valence-electron chi connectivity index (χ1n) is 46.7. The summed E-state index contributed by atoms with van der Waals surface area (Å²) in [6.07, 6.45) is 2.10. The van der Waals surface area contributed by atoms with Crippen LogP contribution in [-0.4, -0.2) is 183 Å². The van der Waals surface area contributed by atoms with Gasteiger partial charge in [0.15, 0.2) is 15.4 Å². The number of benzene rings is 7. The van der Waals surface area contributed by atoms with Gasteiger partial charge in [-0.2, -0.15) is 16.8 Å². The standard InChI is InChI=1S/C35H38N4O5S.C26H32N2O6.C20H29N5O5S2.C20H28N4O3S.H4N2O2S/c1-35(2,3)44-34(42)38-29(31(40)39-32-37-30(22-45-32)23-13-5-4-6-14-23)19-11-12-20-36-33(41)43-21-28-26-17-9-7-15-24(26)25-16-8-10-18-27(25)28;1-26(2,3)34-25(32)28-22(23(29)30)14-8-9-15-27-24(31)33-16-21-19-12-6-4-10-17(19)18-11-5-7-13-20(18)21;1-20(2,3)30-19(27)24-15(11-7-8-12-22-32(21,28)29)17(26)25-18-23-16(13-31-18)14-9-5-4-6-10-14;1-20(2,3)27-19(26)23-15(11-7-8-12-21)17(25)24-18-22-16(13-28-18)14-9-5-4-6-10-14;1-5(2,3)4/h4-10,13-18,22,28-29H,11-12,19-21H2,1-3H3,(H,36,41)(H,38,42)(H,37,39,40);4-7,10-13,21-22H,8-9,14-16H2,1-3H3,(H,27,31)(H,28,32)(H,29,30);4-6,9-10,13,15,22H,7-8,11-12H2,1-3H3,(H,24,27)(H2,21,28,29)(H,23,25,26);4-6,9-10,13,15H,7-8,11-12,21H2,1-3H3,(H,23,26)(H,22,24,25);(H4,1,2,3,4)/t29-;22-;2*15-;/m0000./s1. The average Bonchev–Trinajstić information content (AvgIpc) is 1.62. The van der Waals surface area contributed by atoms with Crippen molar-refractivity contribution >= 4 is 130 Å². The van der Waals surface area contributed by atoms with Crippen LogP contribution in [0.2, 0.25) is 0 Å². The lowest BCUT2D eigenvalue weighted by atomic mass is 9.98. The van der Waals surface area contributed by atoms with Crippen molar-refractivity contribution < 1.29 is 98.3 Å². The van der Waals surface area contributed by atoms with Crippen LogP contribution >= 0.6 is 34.0 Å². The number of aliphatic carboxylic acids is 1. The third-order valence-corrected chi connectivity index (χ3v) is 23.5. The summed E-state index contributed by atoms with van der Waals surface area (Å²) in [7, 11) is -7.43. The van der Waals surface area contributed by atoms with Crippen LogP contribution in [0.25, 0.3) is 56.0 Å². The van der Waals surface area contributed by atoms with Gasteiger partial charge in [0.2, 0.25) is 17.7 Å². The summed E-state index contributed by atoms with van der Waals surface area (Å²) < 4.78 is 74.6. The maximum Gasteiger partial charge on any atom is 0.408 e. The molecule has 12 rings (SSSR count). The van der Waals surface area contributed by atoms with Crippen molar-refractivity contribution in [1.29, 1.82) is 0 Å². The number of alkyl carbamates (subject to hydrolysis) is 6. The molecular weight excluding hydrogens is 1950 g/mol. The van der Waals surface area contributed by atoms with Gasteiger partial charge in [0.1, 0.15) is 59.8 Å². The zero-order chi connectivity index (χ0) is 105. The number of nitrogens with one attached hydrogen (secondary N) is 10. The van der Waals surface area contributed by atoms with E-state index in [1.165, 1.54) is 56.3 Å². The second-order valence-corrected chi connectivity index (χ2v) is 42.2. The molecule has 0 bridgehead atoms. The number of ether oxygens (including phenoxy) is 6. The lowest BCUT2D eigenvalue weighted by molar-refractivity contribution is -0.139. The number of carbonyl (C=O) groups is 10. The van der Waals surface area contributed by atoms with Crippen LogP contribution in [-0.2, 0) is 68.0 Å². The lowest BCUT2D eigenvalue weighted by Crippen LogP contribution is -2.45. The Hall–Kier alpha value is -13.4. The molecule has 43 heteroatoms. The van der Waals surface area contributed by atoms with Gasteiger partial charge < -0.3 is 87.1 Å². The van der Waals surface area contributed by atoms with E-state index in [4.69, 9.17) is 39.3 Å². The highest BCUT2D eigenvalue weighted by molar-refractivity contribution is 7.87. The van der Waals surface area contributed by atoms with E-state index in [0.29, 0.717) is 86.4 Å². The van der Waals surface area contributed by atoms with Crippen molar-refractivity contribution in [3.63, 3.8) is 0 Å². The molecule has 0 saturated heterocycles. The fraction of sp³-hybridized carbons (Fsp3) is 0.396. The average molecular weight is 2080 g/mol. The summed E-state index contributed by atoms with van der Waals surface area (Å²) in [5.74, 6) is -2.30. The normalized spacial score (nSPS) is 12.8. The maximum atomic E-state index is 13.2. The number of unbranched alkanes of at least 4 members (excludes halogenated alkanes) is 4. The Bertz CT molecular complexity index is 6010. The Morgan fingerprint density at radius 1 is 0.354 bits per heavy atom. The van der Waals surface area contributed by atoms with E-state index in [9.17, 15) is 69.9 Å². The van der Waals surface area contributed by atoms with Gasteiger partial charge >= 0.3 is 42.5 Å². The van der Waals surface area contributed by atoms with Gasteiger partial charge in [-0.15, -0.1) is 34.0 Å². The Balaban J connectivity index is 0.000000234. The topological polar surface area (TPSA) is 578 Å². The van der Waals surface area contributed by atoms with Crippen LogP contribution in [0.3, 0.4) is 0 Å². The SMILES string of the molecule is CC(C)(C)OC(=O)N[C@@H](CCCCN)C(=O)Nc1nc(-c2ccccc2)cs1.CC(C)(C)OC(=O)N[C@@H](CCCCNC(=O)OCC1c2ccccc2-c2ccccc21)C(=O)Nc1nc(-c2ccccc2)cs1.CC(C)(C)OC(=O)N[C@@H](CCCCNC(=O)OCC1c2ccccc2-c2ccccc21)C(=O)O.CC(C)(C)OC(=O)N[C@@H](CCCCNS(N)(=O)=O)C(=O)Nc1nc(-c2ccccc2)cs1.NS(N)(=O)=O. The van der Waals surface area contributed by atoms with Crippen LogP contribution in [0, 0.1) is 0 Å². The predicted octanol–water partition coefficient (Wildman–Crippen LogP) is 16.5. The number of amides is 9. The van der Waals surface area contributed by atoms with Gasteiger partial charge in [0.25, 0.3) is 20.4 Å². The van der Waals surface area contributed by atoms with Crippen molar-refractivity contribution in [1.82, 2.24) is 51.6 Å². The molecule has 2 aliphatic rings. The van der Waals surface area contributed by atoms with Gasteiger partial charge in [0.05, 0.1) is 17.1 Å². The Kier molecular flexibility index (Phi) is 45.1. The molecule has 3 aromatic heterocycles. The van der Waals surface area contributed by atoms with E-state index in [-0.39, 0.29) is 56.3 Å². The minimum Gasteiger partial charge on any atom is -0.480 e. The number of thiazole rings is 3. The van der Waals surface area contributed by atoms with Crippen molar-refractivity contribution in [2.75, 3.05) is 55.3 Å². The monoisotopic (exact) mass is 2080 g/mol. The van der Waals surface area contributed by atoms with Gasteiger partial charge in [-0.25, -0.2) is 68.7 Å². The van der Waals surface area contributed by atoms with E-state index < -0.39 is 115 Å². The molecule has 2 aliphatic carbocycles. The molecular formula is C101H131N17O21S5. The number of rotatable bonds is 38. The first kappa shape index (κ1) is 116. The smallest absolute Gasteiger partial charge is 0.408 e. The number of hydrogen-bond acceptors (Lipinski definition) is 27. The minimum absolute atomic E-state index is 0.00611. The molecule has 0 saturated carbocycles. The number of carbonyl (C=O) groups excluding carboxylic acids is 9. The first-order valence-corrected chi connectivity index (χ1v) is 52.5. The molecule has 0 radical (unpaired) electrons. The van der Waals surface area contributed by atoms with Gasteiger partial charge in [-0.3, -0.25) is 14.4 Å². The summed E-state index contributed by atoms with van der Waals surface area (Å²) in [4.78, 5) is 137. The molecule has 144 heavy (non-hydrogen) atoms. The van der Waals surface area contributed by atoms with E-state index in [1.54, 1.807) is 83.1 Å². The van der Waals surface area contributed by atoms with Gasteiger partial charge in [0, 0.05) is 64.3 Å². The summed E-state index contributed by atoms with van der Waals surface area (Å²) in [5.41, 5.74) is 17.2. The third-order valence-electron chi connectivity index (χ3n) is 20.7. The Labute approximate surface area is 852 Å². The summed E-state index contributed by atoms with van der Waals surface area (Å²) in [6, 6.07) is 58.1. The second kappa shape index (κ2) is 56.0. The molecule has 776 valence electrons. The number of nitrogens with two attached hydrogens (primary N) is 4. The highest BCUT2D eigenvalue weighted by Crippen LogP contribution is 2.46. The van der Waals surface area contributed by atoms with E-state index in [1.807, 2.05) is 156 Å². The molecule has 9 amide bonds. The van der Waals surface area contributed by atoms with E-state index >= 15 is 0 Å². The fourth-order valence-electron chi connectivity index (χ4n) is 14.5. The molecule has 7 aromatic carbocycles. The first-order chi connectivity index (χ1) is 68.0. The molecule has 19 N–H and O–H groups in total. The number of carboxylic acid groups (broad SMARTS) is 1. The van der Waals surface area contributed by atoms with Gasteiger partial charge in [-0.05, 0) is 211 Å². The molecule has 4 atom stereocenters. The van der Waals surface area contributed by atoms with Gasteiger partial charge in [-0.1, -0.05) is 188 Å². The lowest BCUT2D eigenvalue weighted by Gasteiger charge is -2.23. The molecule has 3 heterocycles. The Morgan fingerprint density at radius 2 is 0.604 bits per heavy atom. The van der Waals surface area contributed by atoms with Crippen LogP contribution < -0.4 is 73.7 Å². The minimum atomic E-state index is -3.77. The zero-order valence-electron chi connectivity index (χ0n) is 82.6. The second-order valence-electron chi connectivity index (χ2n) is 37.1. The molecule has 0 spiro atoms. The largest absolute Gasteiger partial charge is 0.480 e. The maximum absolute atomic E-state index is 13.2. The fourth-order valence-corrected chi connectivity index (χ4v) is 17.1. The Morgan fingerprint density at radius 3 is 0.868 bits per heavy atom. The van der Waals surface area contributed by atoms with Crippen molar-refractivity contribution in [3.05, 3.63) is 226 Å². The zero-order valence-corrected chi connectivity index (χ0v) is 86.7. The van der Waals surface area contributed by atoms with Crippen molar-refractivity contribution in [3.8, 4) is 56.0 Å². The predicted molar refractivity (Wildman–Crippen MR) is 558 cm³/mol. The number of carboxylic acids is 1. The van der Waals surface area contributed by atoms with Crippen LogP contribution in [0.4, 0.5) is 44.2 Å². The number of nitrogens with zero attached hydrogens (tertiary/aromatic N) is 3. The van der Waals surface area contributed by atoms with Crippen LogP contribution in [0.15, 0.2) is 204 Å². The van der Waals surface area contributed by atoms with E-state index in [2.05, 4.69) is 126 Å². The van der Waals surface area contributed by atoms with Crippen molar-refractivity contribution in [2.45, 2.75) is 219 Å². The third kappa shape index (κ3) is 42.7. The summed E-state index contributed by atoms with van der Waals surface area (Å²) >= 11 is 3.93. The number of fused-ring (bicyclic) bond motifs is 6. The molecule has 0 unspecified atom stereocenters.